The number of aryl methyl sites for hydroxylation is 1. The summed E-state index contributed by atoms with van der Waals surface area (Å²) >= 11 is 0. The molecule has 0 aliphatic carbocycles. The van der Waals surface area contributed by atoms with E-state index in [9.17, 15) is 0 Å². The van der Waals surface area contributed by atoms with Gasteiger partial charge in [-0.3, -0.25) is 0 Å². The summed E-state index contributed by atoms with van der Waals surface area (Å²) in [6.45, 7) is 2.59. The molecule has 0 saturated carbocycles. The maximum absolute atomic E-state index is 5.41. The Bertz CT molecular complexity index is 395. The van der Waals surface area contributed by atoms with Crippen LogP contribution in [0.15, 0.2) is 34.9 Å². The third-order valence-corrected chi connectivity index (χ3v) is 1.86. The lowest BCUT2D eigenvalue weighted by molar-refractivity contribution is 0.490. The van der Waals surface area contributed by atoms with Gasteiger partial charge in [-0.2, -0.15) is 0 Å². The molecule has 0 aromatic carbocycles. The number of pyridine rings is 1. The second-order valence-corrected chi connectivity index (χ2v) is 3.01. The average molecular weight is 187 g/mol. The van der Waals surface area contributed by atoms with E-state index in [-0.39, 0.29) is 0 Å². The van der Waals surface area contributed by atoms with E-state index < -0.39 is 0 Å². The quantitative estimate of drug-likeness (QED) is 0.801. The molecule has 0 saturated heterocycles. The topological polar surface area (TPSA) is 38.1 Å². The maximum atomic E-state index is 5.41. The molecule has 1 N–H and O–H groups in total. The normalized spacial score (nSPS) is 10.1. The molecule has 14 heavy (non-hydrogen) atoms. The van der Waals surface area contributed by atoms with Crippen LogP contribution in [0.2, 0.25) is 0 Å². The van der Waals surface area contributed by atoms with Gasteiger partial charge in [0.05, 0.1) is 6.54 Å². The summed E-state index contributed by atoms with van der Waals surface area (Å²) < 4.78 is 5.41. The van der Waals surface area contributed by atoms with Crippen LogP contribution in [0.25, 0.3) is 0 Å². The average Bonchev–Trinajstić information content (AvgIpc) is 2.63. The minimum atomic E-state index is 0.658. The van der Waals surface area contributed by atoms with Crippen LogP contribution in [0.1, 0.15) is 11.5 Å². The molecular weight excluding hydrogens is 176 g/mol. The van der Waals surface area contributed by atoms with E-state index in [0.717, 1.165) is 17.3 Å². The number of anilines is 1. The number of hydrogen-bond donors (Lipinski definition) is 1. The summed E-state index contributed by atoms with van der Waals surface area (Å²) in [6, 6.07) is 10.5. The van der Waals surface area contributed by atoms with E-state index in [4.69, 9.17) is 4.42 Å². The van der Waals surface area contributed by atoms with Gasteiger partial charge in [0, 0.05) is 12.3 Å². The molecule has 2 aromatic heterocycles. The van der Waals surface area contributed by atoms with Gasteiger partial charge in [0.25, 0.3) is 0 Å². The molecule has 0 unspecified atom stereocenters. The van der Waals surface area contributed by atoms with Crippen LogP contribution in [0, 0.1) is 13.0 Å². The van der Waals surface area contributed by atoms with Crippen molar-refractivity contribution in [2.75, 3.05) is 5.32 Å². The fourth-order valence-electron chi connectivity index (χ4n) is 1.18. The maximum Gasteiger partial charge on any atom is 0.126 e. The third-order valence-electron chi connectivity index (χ3n) is 1.86. The third kappa shape index (κ3) is 2.13. The van der Waals surface area contributed by atoms with Crippen molar-refractivity contribution in [3.8, 4) is 0 Å². The standard InChI is InChI=1S/C11H11N2O/c1-9-5-6-10(14-9)8-13-11-4-2-3-7-12-11/h2,4-7H,8H2,1H3,(H,12,13). The highest BCUT2D eigenvalue weighted by Gasteiger charge is 1.97. The lowest BCUT2D eigenvalue weighted by atomic mass is 10.4. The van der Waals surface area contributed by atoms with Gasteiger partial charge < -0.3 is 9.73 Å². The molecule has 3 nitrogen and oxygen atoms in total. The van der Waals surface area contributed by atoms with Crippen molar-refractivity contribution in [3.05, 3.63) is 48.0 Å². The van der Waals surface area contributed by atoms with Crippen molar-refractivity contribution in [1.82, 2.24) is 4.98 Å². The zero-order chi connectivity index (χ0) is 9.80. The van der Waals surface area contributed by atoms with Crippen LogP contribution in [-0.2, 0) is 6.54 Å². The number of furan rings is 1. The van der Waals surface area contributed by atoms with Crippen molar-refractivity contribution < 1.29 is 4.42 Å². The Kier molecular flexibility index (Phi) is 2.49. The van der Waals surface area contributed by atoms with Crippen LogP contribution in [0.5, 0.6) is 0 Å². The van der Waals surface area contributed by atoms with Gasteiger partial charge >= 0.3 is 0 Å². The van der Waals surface area contributed by atoms with Crippen molar-refractivity contribution in [3.63, 3.8) is 0 Å². The monoisotopic (exact) mass is 187 g/mol. The minimum Gasteiger partial charge on any atom is -0.465 e. The summed E-state index contributed by atoms with van der Waals surface area (Å²) in [6.07, 6.45) is 1.63. The Labute approximate surface area is 82.8 Å². The molecule has 0 atom stereocenters. The molecule has 3 heteroatoms. The molecule has 2 rings (SSSR count). The second-order valence-electron chi connectivity index (χ2n) is 3.01. The molecule has 0 amide bonds. The Morgan fingerprint density at radius 3 is 3.00 bits per heavy atom. The first-order valence-electron chi connectivity index (χ1n) is 4.46. The first kappa shape index (κ1) is 8.81. The second kappa shape index (κ2) is 3.96. The van der Waals surface area contributed by atoms with Crippen LogP contribution in [0.4, 0.5) is 5.82 Å². The summed E-state index contributed by atoms with van der Waals surface area (Å²) in [5.41, 5.74) is 0. The fourth-order valence-corrected chi connectivity index (χ4v) is 1.18. The highest BCUT2D eigenvalue weighted by Crippen LogP contribution is 2.08. The zero-order valence-electron chi connectivity index (χ0n) is 7.95. The highest BCUT2D eigenvalue weighted by atomic mass is 16.3. The summed E-state index contributed by atoms with van der Waals surface area (Å²) in [7, 11) is 0. The van der Waals surface area contributed by atoms with Crippen molar-refractivity contribution >= 4 is 5.82 Å². The number of hydrogen-bond acceptors (Lipinski definition) is 3. The van der Waals surface area contributed by atoms with E-state index in [2.05, 4.69) is 16.4 Å². The number of nitrogens with one attached hydrogen (secondary N) is 1. The first-order valence-corrected chi connectivity index (χ1v) is 4.46. The van der Waals surface area contributed by atoms with E-state index >= 15 is 0 Å². The van der Waals surface area contributed by atoms with Crippen LogP contribution >= 0.6 is 0 Å². The molecule has 0 aliphatic rings. The van der Waals surface area contributed by atoms with E-state index in [1.807, 2.05) is 31.2 Å². The van der Waals surface area contributed by atoms with Crippen molar-refractivity contribution in [2.45, 2.75) is 13.5 Å². The Hall–Kier alpha value is -1.77. The molecule has 0 fully saturated rings. The Morgan fingerprint density at radius 2 is 2.36 bits per heavy atom. The van der Waals surface area contributed by atoms with Gasteiger partial charge in [-0.05, 0) is 31.2 Å². The molecule has 2 heterocycles. The van der Waals surface area contributed by atoms with E-state index in [1.54, 1.807) is 6.20 Å². The molecule has 71 valence electrons. The number of rotatable bonds is 3. The Balaban J connectivity index is 1.95. The molecule has 2 aromatic rings. The fraction of sp³-hybridized carbons (Fsp3) is 0.182. The SMILES string of the molecule is Cc1ccc(CNc2cc[c]cn2)o1. The summed E-state index contributed by atoms with van der Waals surface area (Å²) in [4.78, 5) is 4.09. The molecule has 0 spiro atoms. The van der Waals surface area contributed by atoms with Gasteiger partial charge in [0.15, 0.2) is 0 Å². The van der Waals surface area contributed by atoms with Gasteiger partial charge in [-0.25, -0.2) is 4.98 Å². The van der Waals surface area contributed by atoms with Crippen molar-refractivity contribution in [2.24, 2.45) is 0 Å². The van der Waals surface area contributed by atoms with Gasteiger partial charge in [0.2, 0.25) is 0 Å². The first-order chi connectivity index (χ1) is 6.84. The smallest absolute Gasteiger partial charge is 0.126 e. The molecular formula is C11H11N2O. The van der Waals surface area contributed by atoms with Crippen LogP contribution < -0.4 is 5.32 Å². The molecule has 1 radical (unpaired) electrons. The van der Waals surface area contributed by atoms with Crippen molar-refractivity contribution in [1.29, 1.82) is 0 Å². The van der Waals surface area contributed by atoms with Gasteiger partial charge in [-0.15, -0.1) is 0 Å². The van der Waals surface area contributed by atoms with E-state index in [1.165, 1.54) is 0 Å². The number of nitrogens with zero attached hydrogens (tertiary/aromatic N) is 1. The molecule has 0 bridgehead atoms. The number of aromatic nitrogens is 1. The van der Waals surface area contributed by atoms with Crippen LogP contribution in [0.3, 0.4) is 0 Å². The van der Waals surface area contributed by atoms with Gasteiger partial charge in [0.1, 0.15) is 17.3 Å². The predicted octanol–water partition coefficient (Wildman–Crippen LogP) is 2.40. The summed E-state index contributed by atoms with van der Waals surface area (Å²) in [5, 5.41) is 3.15. The zero-order valence-corrected chi connectivity index (χ0v) is 7.95. The Morgan fingerprint density at radius 1 is 1.43 bits per heavy atom. The molecule has 0 aliphatic heterocycles. The largest absolute Gasteiger partial charge is 0.465 e. The van der Waals surface area contributed by atoms with E-state index in [0.29, 0.717) is 6.54 Å². The van der Waals surface area contributed by atoms with Gasteiger partial charge in [-0.1, -0.05) is 0 Å². The highest BCUT2D eigenvalue weighted by molar-refractivity contribution is 5.33. The minimum absolute atomic E-state index is 0.658. The lowest BCUT2D eigenvalue weighted by Crippen LogP contribution is -1.99. The lowest BCUT2D eigenvalue weighted by Gasteiger charge is -2.01. The summed E-state index contributed by atoms with van der Waals surface area (Å²) in [5.74, 6) is 2.67. The van der Waals surface area contributed by atoms with Crippen LogP contribution in [-0.4, -0.2) is 4.98 Å². The predicted molar refractivity (Wildman–Crippen MR) is 53.8 cm³/mol.